The van der Waals surface area contributed by atoms with Gasteiger partial charge in [0.05, 0.1) is 11.6 Å². The van der Waals surface area contributed by atoms with Gasteiger partial charge in [-0.05, 0) is 36.4 Å². The Morgan fingerprint density at radius 3 is 2.14 bits per heavy atom. The number of amides is 2. The first-order chi connectivity index (χ1) is 10.1. The Morgan fingerprint density at radius 2 is 1.57 bits per heavy atom. The number of hydrogen-bond acceptors (Lipinski definition) is 4. The first-order valence-corrected chi connectivity index (χ1v) is 6.00. The van der Waals surface area contributed by atoms with Gasteiger partial charge in [-0.3, -0.25) is 9.59 Å². The Balaban J connectivity index is 1.99. The summed E-state index contributed by atoms with van der Waals surface area (Å²) in [6.07, 6.45) is 0. The van der Waals surface area contributed by atoms with Crippen molar-refractivity contribution in [1.82, 2.24) is 0 Å². The number of nitrogens with zero attached hydrogens (tertiary/aromatic N) is 1. The van der Waals surface area contributed by atoms with E-state index in [-0.39, 0.29) is 5.75 Å². The second kappa shape index (κ2) is 6.21. The van der Waals surface area contributed by atoms with Crippen molar-refractivity contribution in [2.75, 3.05) is 10.6 Å². The van der Waals surface area contributed by atoms with Gasteiger partial charge in [0.1, 0.15) is 5.75 Å². The fourth-order valence-corrected chi connectivity index (χ4v) is 1.59. The molecule has 0 spiro atoms. The van der Waals surface area contributed by atoms with Crippen molar-refractivity contribution in [1.29, 1.82) is 5.26 Å². The van der Waals surface area contributed by atoms with Gasteiger partial charge >= 0.3 is 11.8 Å². The van der Waals surface area contributed by atoms with Gasteiger partial charge in [0.15, 0.2) is 0 Å². The van der Waals surface area contributed by atoms with Crippen LogP contribution in [0.1, 0.15) is 5.56 Å². The van der Waals surface area contributed by atoms with Crippen LogP contribution < -0.4 is 10.6 Å². The smallest absolute Gasteiger partial charge is 0.314 e. The Hall–Kier alpha value is -3.33. The van der Waals surface area contributed by atoms with Crippen molar-refractivity contribution >= 4 is 23.2 Å². The number of carbonyl (C=O) groups is 2. The maximum absolute atomic E-state index is 11.7. The topological polar surface area (TPSA) is 102 Å². The van der Waals surface area contributed by atoms with Gasteiger partial charge in [0.25, 0.3) is 0 Å². The van der Waals surface area contributed by atoms with Crippen LogP contribution in [0.5, 0.6) is 5.75 Å². The lowest BCUT2D eigenvalue weighted by Crippen LogP contribution is -2.29. The minimum Gasteiger partial charge on any atom is -0.508 e. The van der Waals surface area contributed by atoms with Crippen molar-refractivity contribution in [2.24, 2.45) is 0 Å². The SMILES string of the molecule is N#Cc1ccc(NC(=O)C(=O)Nc2cccc(O)c2)cc1. The van der Waals surface area contributed by atoms with Gasteiger partial charge in [-0.2, -0.15) is 5.26 Å². The minimum absolute atomic E-state index is 0.0136. The van der Waals surface area contributed by atoms with E-state index in [2.05, 4.69) is 10.6 Å². The van der Waals surface area contributed by atoms with Crippen molar-refractivity contribution < 1.29 is 14.7 Å². The summed E-state index contributed by atoms with van der Waals surface area (Å²) < 4.78 is 0. The van der Waals surface area contributed by atoms with E-state index in [0.29, 0.717) is 16.9 Å². The van der Waals surface area contributed by atoms with E-state index in [1.807, 2.05) is 6.07 Å². The highest BCUT2D eigenvalue weighted by Gasteiger charge is 2.14. The van der Waals surface area contributed by atoms with Gasteiger partial charge in [-0.1, -0.05) is 6.07 Å². The van der Waals surface area contributed by atoms with Gasteiger partial charge in [0.2, 0.25) is 0 Å². The summed E-state index contributed by atoms with van der Waals surface area (Å²) in [7, 11) is 0. The van der Waals surface area contributed by atoms with E-state index in [4.69, 9.17) is 5.26 Å². The lowest BCUT2D eigenvalue weighted by molar-refractivity contribution is -0.132. The molecule has 0 aliphatic carbocycles. The predicted molar refractivity (Wildman–Crippen MR) is 76.5 cm³/mol. The number of phenolic OH excluding ortho intramolecular Hbond substituents is 1. The molecule has 6 nitrogen and oxygen atoms in total. The second-order valence-corrected chi connectivity index (χ2v) is 4.15. The van der Waals surface area contributed by atoms with Crippen molar-refractivity contribution in [3.63, 3.8) is 0 Å². The predicted octanol–water partition coefficient (Wildman–Crippen LogP) is 1.84. The summed E-state index contributed by atoms with van der Waals surface area (Å²) in [6, 6.07) is 13.9. The first kappa shape index (κ1) is 14.1. The van der Waals surface area contributed by atoms with E-state index in [9.17, 15) is 14.7 Å². The Kier molecular flexibility index (Phi) is 4.17. The third-order valence-corrected chi connectivity index (χ3v) is 2.58. The molecule has 3 N–H and O–H groups in total. The average molecular weight is 281 g/mol. The van der Waals surface area contributed by atoms with Crippen molar-refractivity contribution in [2.45, 2.75) is 0 Å². The molecule has 2 amide bonds. The van der Waals surface area contributed by atoms with Gasteiger partial charge in [-0.15, -0.1) is 0 Å². The average Bonchev–Trinajstić information content (AvgIpc) is 2.48. The fraction of sp³-hybridized carbons (Fsp3) is 0. The Bertz CT molecular complexity index is 718. The molecule has 2 aromatic carbocycles. The summed E-state index contributed by atoms with van der Waals surface area (Å²) in [5.74, 6) is -1.71. The van der Waals surface area contributed by atoms with Crippen LogP contribution in [0, 0.1) is 11.3 Å². The molecule has 0 saturated heterocycles. The number of hydrogen-bond donors (Lipinski definition) is 3. The quantitative estimate of drug-likeness (QED) is 0.731. The molecule has 0 fully saturated rings. The molecule has 6 heteroatoms. The molecular formula is C15H11N3O3. The molecule has 0 aliphatic heterocycles. The molecule has 0 radical (unpaired) electrons. The zero-order valence-electron chi connectivity index (χ0n) is 10.8. The molecular weight excluding hydrogens is 270 g/mol. The van der Waals surface area contributed by atoms with E-state index in [1.54, 1.807) is 12.1 Å². The standard InChI is InChI=1S/C15H11N3O3/c16-9-10-4-6-11(7-5-10)17-14(20)15(21)18-12-2-1-3-13(19)8-12/h1-8,19H,(H,17,20)(H,18,21). The molecule has 0 aromatic heterocycles. The lowest BCUT2D eigenvalue weighted by atomic mass is 10.2. The van der Waals surface area contributed by atoms with Crippen LogP contribution in [0.3, 0.4) is 0 Å². The molecule has 0 atom stereocenters. The number of rotatable bonds is 2. The number of nitriles is 1. The number of carbonyl (C=O) groups excluding carboxylic acids is 2. The number of nitrogens with one attached hydrogen (secondary N) is 2. The largest absolute Gasteiger partial charge is 0.508 e. The highest BCUT2D eigenvalue weighted by molar-refractivity contribution is 6.43. The summed E-state index contributed by atoms with van der Waals surface area (Å²) in [4.78, 5) is 23.4. The Labute approximate surface area is 120 Å². The third-order valence-electron chi connectivity index (χ3n) is 2.58. The number of benzene rings is 2. The maximum Gasteiger partial charge on any atom is 0.314 e. The summed E-state index contributed by atoms with van der Waals surface area (Å²) in [5.41, 5.74) is 1.18. The van der Waals surface area contributed by atoms with Crippen molar-refractivity contribution in [3.05, 3.63) is 54.1 Å². The van der Waals surface area contributed by atoms with E-state index in [1.165, 1.54) is 36.4 Å². The minimum atomic E-state index is -0.857. The van der Waals surface area contributed by atoms with Crippen LogP contribution in [0.2, 0.25) is 0 Å². The summed E-state index contributed by atoms with van der Waals surface area (Å²) in [6.45, 7) is 0. The molecule has 0 aliphatic rings. The molecule has 0 unspecified atom stereocenters. The van der Waals surface area contributed by atoms with Crippen LogP contribution in [0.15, 0.2) is 48.5 Å². The molecule has 0 saturated carbocycles. The molecule has 104 valence electrons. The van der Waals surface area contributed by atoms with Crippen LogP contribution in [0.25, 0.3) is 0 Å². The monoisotopic (exact) mass is 281 g/mol. The van der Waals surface area contributed by atoms with Crippen LogP contribution in [-0.2, 0) is 9.59 Å². The highest BCUT2D eigenvalue weighted by Crippen LogP contribution is 2.15. The zero-order chi connectivity index (χ0) is 15.2. The molecule has 2 aromatic rings. The normalized spacial score (nSPS) is 9.48. The van der Waals surface area contributed by atoms with Crippen LogP contribution >= 0.6 is 0 Å². The Morgan fingerprint density at radius 1 is 0.952 bits per heavy atom. The van der Waals surface area contributed by atoms with E-state index >= 15 is 0 Å². The summed E-state index contributed by atoms with van der Waals surface area (Å²) in [5, 5.41) is 22.7. The molecule has 2 rings (SSSR count). The van der Waals surface area contributed by atoms with E-state index in [0.717, 1.165) is 0 Å². The number of phenols is 1. The van der Waals surface area contributed by atoms with Gasteiger partial charge in [0, 0.05) is 17.4 Å². The first-order valence-electron chi connectivity index (χ1n) is 6.00. The highest BCUT2D eigenvalue weighted by atomic mass is 16.3. The molecule has 21 heavy (non-hydrogen) atoms. The molecule has 0 bridgehead atoms. The van der Waals surface area contributed by atoms with Crippen LogP contribution in [-0.4, -0.2) is 16.9 Å². The zero-order valence-corrected chi connectivity index (χ0v) is 10.8. The fourth-order valence-electron chi connectivity index (χ4n) is 1.59. The van der Waals surface area contributed by atoms with E-state index < -0.39 is 11.8 Å². The van der Waals surface area contributed by atoms with Gasteiger partial charge in [-0.25, -0.2) is 0 Å². The third kappa shape index (κ3) is 3.81. The van der Waals surface area contributed by atoms with Crippen LogP contribution in [0.4, 0.5) is 11.4 Å². The number of aromatic hydroxyl groups is 1. The van der Waals surface area contributed by atoms with Gasteiger partial charge < -0.3 is 15.7 Å². The lowest BCUT2D eigenvalue weighted by Gasteiger charge is -2.06. The van der Waals surface area contributed by atoms with Crippen molar-refractivity contribution in [3.8, 4) is 11.8 Å². The summed E-state index contributed by atoms with van der Waals surface area (Å²) >= 11 is 0. The molecule has 0 heterocycles. The second-order valence-electron chi connectivity index (χ2n) is 4.15. The number of anilines is 2. The maximum atomic E-state index is 11.7.